The molecule has 0 saturated carbocycles. The smallest absolute Gasteiger partial charge is 0.227 e. The van der Waals surface area contributed by atoms with Crippen molar-refractivity contribution < 1.29 is 9.84 Å². The normalized spacial score (nSPS) is 29.3. The van der Waals surface area contributed by atoms with Crippen LogP contribution in [0.3, 0.4) is 0 Å². The standard InChI is InChI=1S/C18H28N4O2/c1-21(2)17-19-15-6-4-3-5-14(15)16(20-17)22-9-13-10-24-8-7-18(13,11-22)12-23/h13,23H,3-12H2,1-2H3/t13-,18-/m1/s1. The summed E-state index contributed by atoms with van der Waals surface area (Å²) in [5.41, 5.74) is 2.53. The highest BCUT2D eigenvalue weighted by Crippen LogP contribution is 2.44. The van der Waals surface area contributed by atoms with E-state index < -0.39 is 0 Å². The second kappa shape index (κ2) is 6.15. The van der Waals surface area contributed by atoms with Gasteiger partial charge in [-0.3, -0.25) is 0 Å². The van der Waals surface area contributed by atoms with Crippen LogP contribution in [0.1, 0.15) is 30.5 Å². The van der Waals surface area contributed by atoms with Crippen LogP contribution in [-0.2, 0) is 17.6 Å². The van der Waals surface area contributed by atoms with Crippen molar-refractivity contribution in [3.05, 3.63) is 11.3 Å². The van der Waals surface area contributed by atoms with Gasteiger partial charge in [-0.15, -0.1) is 0 Å². The Morgan fingerprint density at radius 1 is 1.29 bits per heavy atom. The molecule has 1 N–H and O–H groups in total. The van der Waals surface area contributed by atoms with Gasteiger partial charge in [0.2, 0.25) is 5.95 Å². The van der Waals surface area contributed by atoms with E-state index >= 15 is 0 Å². The van der Waals surface area contributed by atoms with Crippen molar-refractivity contribution in [3.8, 4) is 0 Å². The molecule has 0 unspecified atom stereocenters. The Bertz CT molecular complexity index is 621. The molecule has 2 fully saturated rings. The topological polar surface area (TPSA) is 61.7 Å². The first-order chi connectivity index (χ1) is 11.6. The van der Waals surface area contributed by atoms with E-state index in [1.165, 1.54) is 24.1 Å². The van der Waals surface area contributed by atoms with E-state index in [2.05, 4.69) is 4.90 Å². The molecular weight excluding hydrogens is 304 g/mol. The number of rotatable bonds is 3. The summed E-state index contributed by atoms with van der Waals surface area (Å²) in [4.78, 5) is 14.1. The molecule has 24 heavy (non-hydrogen) atoms. The van der Waals surface area contributed by atoms with E-state index in [1.807, 2.05) is 19.0 Å². The van der Waals surface area contributed by atoms with Gasteiger partial charge in [0, 0.05) is 50.7 Å². The minimum absolute atomic E-state index is 0.0248. The number of aromatic nitrogens is 2. The fourth-order valence-electron chi connectivity index (χ4n) is 4.49. The molecule has 0 radical (unpaired) electrons. The lowest BCUT2D eigenvalue weighted by Crippen LogP contribution is -2.41. The Hall–Kier alpha value is -1.40. The molecule has 2 aliphatic heterocycles. The first-order valence-corrected chi connectivity index (χ1v) is 9.14. The van der Waals surface area contributed by atoms with Gasteiger partial charge in [-0.05, 0) is 32.1 Å². The third-order valence-electron chi connectivity index (χ3n) is 6.04. The number of aliphatic hydroxyl groups excluding tert-OH is 1. The average molecular weight is 332 g/mol. The van der Waals surface area contributed by atoms with Gasteiger partial charge in [-0.25, -0.2) is 4.98 Å². The van der Waals surface area contributed by atoms with E-state index in [9.17, 15) is 5.11 Å². The van der Waals surface area contributed by atoms with Crippen LogP contribution in [0.25, 0.3) is 0 Å². The second-order valence-corrected chi connectivity index (χ2v) is 7.80. The van der Waals surface area contributed by atoms with E-state index in [0.29, 0.717) is 5.92 Å². The van der Waals surface area contributed by atoms with Gasteiger partial charge >= 0.3 is 0 Å². The summed E-state index contributed by atoms with van der Waals surface area (Å²) in [5, 5.41) is 10.1. The third kappa shape index (κ3) is 2.56. The minimum Gasteiger partial charge on any atom is -0.396 e. The molecule has 2 saturated heterocycles. The molecule has 6 nitrogen and oxygen atoms in total. The Kier molecular flexibility index (Phi) is 4.12. The van der Waals surface area contributed by atoms with Crippen LogP contribution >= 0.6 is 0 Å². The monoisotopic (exact) mass is 332 g/mol. The molecule has 132 valence electrons. The zero-order chi connectivity index (χ0) is 16.7. The van der Waals surface area contributed by atoms with Crippen molar-refractivity contribution in [2.75, 3.05) is 56.8 Å². The molecule has 0 bridgehead atoms. The van der Waals surface area contributed by atoms with Crippen LogP contribution in [-0.4, -0.2) is 62.1 Å². The lowest BCUT2D eigenvalue weighted by Gasteiger charge is -2.36. The first kappa shape index (κ1) is 16.1. The highest BCUT2D eigenvalue weighted by Gasteiger charge is 2.48. The van der Waals surface area contributed by atoms with Crippen molar-refractivity contribution in [3.63, 3.8) is 0 Å². The summed E-state index contributed by atoms with van der Waals surface area (Å²) >= 11 is 0. The van der Waals surface area contributed by atoms with Crippen LogP contribution in [0.5, 0.6) is 0 Å². The van der Waals surface area contributed by atoms with E-state index in [-0.39, 0.29) is 12.0 Å². The van der Waals surface area contributed by atoms with Crippen LogP contribution in [0, 0.1) is 11.3 Å². The van der Waals surface area contributed by atoms with Crippen molar-refractivity contribution in [1.82, 2.24) is 9.97 Å². The summed E-state index contributed by atoms with van der Waals surface area (Å²) in [7, 11) is 4.00. The molecule has 6 heteroatoms. The first-order valence-electron chi connectivity index (χ1n) is 9.14. The SMILES string of the molecule is CN(C)c1nc2c(c(N3C[C@@H]4COCC[C@]4(CO)C3)n1)CCCC2. The lowest BCUT2D eigenvalue weighted by atomic mass is 9.75. The number of aryl methyl sites for hydroxylation is 1. The van der Waals surface area contributed by atoms with E-state index in [1.54, 1.807) is 0 Å². The number of ether oxygens (including phenoxy) is 1. The third-order valence-corrected chi connectivity index (χ3v) is 6.04. The zero-order valence-electron chi connectivity index (χ0n) is 14.8. The van der Waals surface area contributed by atoms with Gasteiger partial charge < -0.3 is 19.6 Å². The zero-order valence-corrected chi connectivity index (χ0v) is 14.8. The predicted octanol–water partition coefficient (Wildman–Crippen LogP) is 1.26. The Morgan fingerprint density at radius 3 is 2.88 bits per heavy atom. The summed E-state index contributed by atoms with van der Waals surface area (Å²) in [6, 6.07) is 0. The maximum absolute atomic E-state index is 10.1. The van der Waals surface area contributed by atoms with Crippen LogP contribution in [0.4, 0.5) is 11.8 Å². The number of anilines is 2. The highest BCUT2D eigenvalue weighted by molar-refractivity contribution is 5.55. The molecule has 0 aromatic carbocycles. The van der Waals surface area contributed by atoms with Gasteiger partial charge in [0.15, 0.2) is 0 Å². The highest BCUT2D eigenvalue weighted by atomic mass is 16.5. The summed E-state index contributed by atoms with van der Waals surface area (Å²) in [6.45, 7) is 3.57. The molecule has 1 aliphatic carbocycles. The Balaban J connectivity index is 1.72. The lowest BCUT2D eigenvalue weighted by molar-refractivity contribution is -0.0410. The van der Waals surface area contributed by atoms with Gasteiger partial charge in [0.1, 0.15) is 5.82 Å². The van der Waals surface area contributed by atoms with Gasteiger partial charge in [0.05, 0.1) is 18.9 Å². The largest absolute Gasteiger partial charge is 0.396 e. The molecule has 0 amide bonds. The fraction of sp³-hybridized carbons (Fsp3) is 0.778. The van der Waals surface area contributed by atoms with Crippen LogP contribution < -0.4 is 9.80 Å². The number of aliphatic hydroxyl groups is 1. The van der Waals surface area contributed by atoms with Crippen molar-refractivity contribution in [1.29, 1.82) is 0 Å². The summed E-state index contributed by atoms with van der Waals surface area (Å²) in [6.07, 6.45) is 5.50. The van der Waals surface area contributed by atoms with Crippen LogP contribution in [0.15, 0.2) is 0 Å². The van der Waals surface area contributed by atoms with Crippen LogP contribution in [0.2, 0.25) is 0 Å². The fourth-order valence-corrected chi connectivity index (χ4v) is 4.49. The molecule has 4 rings (SSSR count). The van der Waals surface area contributed by atoms with Gasteiger partial charge in [-0.1, -0.05) is 0 Å². The van der Waals surface area contributed by atoms with Crippen molar-refractivity contribution >= 4 is 11.8 Å². The summed E-state index contributed by atoms with van der Waals surface area (Å²) < 4.78 is 5.69. The minimum atomic E-state index is -0.0248. The quantitative estimate of drug-likeness (QED) is 0.899. The van der Waals surface area contributed by atoms with Gasteiger partial charge in [0.25, 0.3) is 0 Å². The van der Waals surface area contributed by atoms with E-state index in [0.717, 1.165) is 57.3 Å². The molecule has 0 spiro atoms. The Morgan fingerprint density at radius 2 is 2.12 bits per heavy atom. The maximum Gasteiger partial charge on any atom is 0.227 e. The number of nitrogens with zero attached hydrogens (tertiary/aromatic N) is 4. The number of hydrogen-bond acceptors (Lipinski definition) is 6. The van der Waals surface area contributed by atoms with E-state index in [4.69, 9.17) is 14.7 Å². The second-order valence-electron chi connectivity index (χ2n) is 7.80. The number of fused-ring (bicyclic) bond motifs is 2. The van der Waals surface area contributed by atoms with Gasteiger partial charge in [-0.2, -0.15) is 4.98 Å². The average Bonchev–Trinajstić information content (AvgIpc) is 3.00. The molecule has 1 aromatic heterocycles. The number of hydrogen-bond donors (Lipinski definition) is 1. The summed E-state index contributed by atoms with van der Waals surface area (Å²) in [5.74, 6) is 2.30. The molecule has 2 atom stereocenters. The molecule has 1 aromatic rings. The molecule has 3 aliphatic rings. The predicted molar refractivity (Wildman–Crippen MR) is 93.7 cm³/mol. The molecule has 3 heterocycles. The molecular formula is C18H28N4O2. The van der Waals surface area contributed by atoms with Crippen molar-refractivity contribution in [2.24, 2.45) is 11.3 Å². The van der Waals surface area contributed by atoms with Crippen molar-refractivity contribution in [2.45, 2.75) is 32.1 Å². The Labute approximate surface area is 143 Å². The maximum atomic E-state index is 10.1.